The number of hydrogen-bond donors (Lipinski definition) is 1. The van der Waals surface area contributed by atoms with Gasteiger partial charge in [-0.3, -0.25) is 4.79 Å². The molecule has 0 saturated carbocycles. The van der Waals surface area contributed by atoms with Gasteiger partial charge in [0.05, 0.1) is 12.7 Å². The summed E-state index contributed by atoms with van der Waals surface area (Å²) in [6.45, 7) is 7.07. The highest BCUT2D eigenvalue weighted by atomic mass is 32.2. The van der Waals surface area contributed by atoms with Crippen LogP contribution in [0.3, 0.4) is 0 Å². The minimum Gasteiger partial charge on any atom is -0.497 e. The first-order valence-electron chi connectivity index (χ1n) is 11.7. The fourth-order valence-electron chi connectivity index (χ4n) is 4.66. The molecule has 1 aliphatic rings. The lowest BCUT2D eigenvalue weighted by atomic mass is 9.97. The topological polar surface area (TPSA) is 105 Å². The number of carbonyl (C=O) groups excluding carboxylic acids is 1. The smallest absolute Gasteiger partial charge is 0.281 e. The molecular weight excluding hydrogens is 478 g/mol. The molecule has 1 unspecified atom stereocenters. The molecule has 36 heavy (non-hydrogen) atoms. The second kappa shape index (κ2) is 9.77. The highest BCUT2D eigenvalue weighted by Crippen LogP contribution is 2.37. The number of amides is 1. The number of aromatic nitrogens is 2. The van der Waals surface area contributed by atoms with E-state index >= 15 is 0 Å². The van der Waals surface area contributed by atoms with Crippen molar-refractivity contribution in [1.29, 1.82) is 0 Å². The molecule has 0 spiro atoms. The number of hydrogen-bond acceptors (Lipinski definition) is 8. The Hall–Kier alpha value is -3.66. The van der Waals surface area contributed by atoms with Crippen LogP contribution < -0.4 is 19.3 Å². The molecule has 4 rings (SSSR count). The van der Waals surface area contributed by atoms with E-state index in [4.69, 9.17) is 4.74 Å². The minimum atomic E-state index is -4.24. The molecule has 0 bridgehead atoms. The number of nitrogens with one attached hydrogen (secondary N) is 1. The van der Waals surface area contributed by atoms with Crippen molar-refractivity contribution in [3.05, 3.63) is 66.4 Å². The number of carbonyl (C=O) groups is 1. The SMILES string of the molecule is COc1ccc(N(C)c2cccc(S(=O)(=O)NC(=O)c3cccnc3N3CC(C)CC3(C)C)n2)cc1. The van der Waals surface area contributed by atoms with Crippen LogP contribution in [0.2, 0.25) is 0 Å². The first kappa shape index (κ1) is 25.4. The van der Waals surface area contributed by atoms with Crippen molar-refractivity contribution in [2.24, 2.45) is 5.92 Å². The molecule has 2 aromatic heterocycles. The Morgan fingerprint density at radius 3 is 2.50 bits per heavy atom. The summed E-state index contributed by atoms with van der Waals surface area (Å²) in [6, 6.07) is 15.2. The van der Waals surface area contributed by atoms with Crippen molar-refractivity contribution in [2.75, 3.05) is 30.5 Å². The summed E-state index contributed by atoms with van der Waals surface area (Å²) in [5.41, 5.74) is 0.794. The number of ether oxygens (including phenoxy) is 1. The van der Waals surface area contributed by atoms with Gasteiger partial charge in [-0.1, -0.05) is 13.0 Å². The minimum absolute atomic E-state index is 0.203. The van der Waals surface area contributed by atoms with Gasteiger partial charge in [-0.25, -0.2) is 14.7 Å². The molecule has 3 heterocycles. The summed E-state index contributed by atoms with van der Waals surface area (Å²) < 4.78 is 33.7. The lowest BCUT2D eigenvalue weighted by Gasteiger charge is -2.33. The Kier molecular flexibility index (Phi) is 6.90. The summed E-state index contributed by atoms with van der Waals surface area (Å²) >= 11 is 0. The number of anilines is 3. The standard InChI is InChI=1S/C26H31N5O4S/c1-18-16-26(2,3)31(17-18)24-21(8-7-15-27-24)25(32)29-36(33,34)23-10-6-9-22(28-23)30(4)19-11-13-20(35-5)14-12-19/h6-15,18H,16-17H2,1-5H3,(H,29,32). The zero-order valence-corrected chi connectivity index (χ0v) is 21.9. The highest BCUT2D eigenvalue weighted by Gasteiger charge is 2.39. The molecule has 1 amide bonds. The predicted molar refractivity (Wildman–Crippen MR) is 139 cm³/mol. The zero-order valence-electron chi connectivity index (χ0n) is 21.1. The van der Waals surface area contributed by atoms with Gasteiger partial charge in [-0.15, -0.1) is 0 Å². The second-order valence-corrected chi connectivity index (χ2v) is 11.3. The highest BCUT2D eigenvalue weighted by molar-refractivity contribution is 7.90. The van der Waals surface area contributed by atoms with Gasteiger partial charge in [-0.2, -0.15) is 8.42 Å². The number of rotatable bonds is 7. The maximum absolute atomic E-state index is 13.2. The molecule has 1 aromatic carbocycles. The quantitative estimate of drug-likeness (QED) is 0.510. The van der Waals surface area contributed by atoms with Crippen LogP contribution in [-0.2, 0) is 10.0 Å². The summed E-state index contributed by atoms with van der Waals surface area (Å²) in [6.07, 6.45) is 2.56. The second-order valence-electron chi connectivity index (χ2n) is 9.63. The number of methoxy groups -OCH3 is 1. The maximum Gasteiger partial charge on any atom is 0.281 e. The van der Waals surface area contributed by atoms with E-state index < -0.39 is 15.9 Å². The first-order chi connectivity index (χ1) is 17.0. The van der Waals surface area contributed by atoms with E-state index in [1.54, 1.807) is 61.7 Å². The van der Waals surface area contributed by atoms with Crippen LogP contribution in [0.5, 0.6) is 5.75 Å². The Bertz CT molecular complexity index is 1360. The van der Waals surface area contributed by atoms with Crippen molar-refractivity contribution < 1.29 is 17.9 Å². The van der Waals surface area contributed by atoms with Crippen molar-refractivity contribution in [2.45, 2.75) is 37.8 Å². The number of pyridine rings is 2. The molecule has 190 valence electrons. The van der Waals surface area contributed by atoms with Crippen LogP contribution in [-0.4, -0.2) is 50.5 Å². The van der Waals surface area contributed by atoms with Gasteiger partial charge in [-0.05, 0) is 74.7 Å². The molecule has 0 aliphatic carbocycles. The third-order valence-electron chi connectivity index (χ3n) is 6.37. The van der Waals surface area contributed by atoms with Crippen molar-refractivity contribution >= 4 is 33.3 Å². The van der Waals surface area contributed by atoms with Crippen molar-refractivity contribution in [1.82, 2.24) is 14.7 Å². The molecule has 0 radical (unpaired) electrons. The van der Waals surface area contributed by atoms with Gasteiger partial charge in [0.15, 0.2) is 5.03 Å². The maximum atomic E-state index is 13.2. The molecule has 1 N–H and O–H groups in total. The van der Waals surface area contributed by atoms with E-state index in [0.29, 0.717) is 23.3 Å². The molecule has 1 fully saturated rings. The molecular formula is C26H31N5O4S. The van der Waals surface area contributed by atoms with Crippen LogP contribution in [0, 0.1) is 5.92 Å². The fourth-order valence-corrected chi connectivity index (χ4v) is 5.59. The Morgan fingerprint density at radius 2 is 1.86 bits per heavy atom. The van der Waals surface area contributed by atoms with Crippen LogP contribution in [0.4, 0.5) is 17.3 Å². The van der Waals surface area contributed by atoms with Gasteiger partial charge in [0.25, 0.3) is 15.9 Å². The van der Waals surface area contributed by atoms with Crippen LogP contribution in [0.15, 0.2) is 65.8 Å². The zero-order chi connectivity index (χ0) is 26.1. The van der Waals surface area contributed by atoms with Crippen LogP contribution in [0.1, 0.15) is 37.6 Å². The average molecular weight is 510 g/mol. The van der Waals surface area contributed by atoms with Crippen molar-refractivity contribution in [3.63, 3.8) is 0 Å². The molecule has 1 saturated heterocycles. The molecule has 3 aromatic rings. The van der Waals surface area contributed by atoms with E-state index in [2.05, 4.69) is 40.4 Å². The van der Waals surface area contributed by atoms with Crippen LogP contribution in [0.25, 0.3) is 0 Å². The molecule has 10 heteroatoms. The number of benzene rings is 1. The average Bonchev–Trinajstić information content (AvgIpc) is 3.14. The number of nitrogens with zero attached hydrogens (tertiary/aromatic N) is 4. The molecule has 1 aliphatic heterocycles. The van der Waals surface area contributed by atoms with Crippen molar-refractivity contribution in [3.8, 4) is 5.75 Å². The summed E-state index contributed by atoms with van der Waals surface area (Å²) in [7, 11) is -0.875. The largest absolute Gasteiger partial charge is 0.497 e. The van der Waals surface area contributed by atoms with E-state index in [9.17, 15) is 13.2 Å². The van der Waals surface area contributed by atoms with Gasteiger partial charge >= 0.3 is 0 Å². The Balaban J connectivity index is 1.58. The van der Waals surface area contributed by atoms with E-state index in [0.717, 1.165) is 18.7 Å². The van der Waals surface area contributed by atoms with E-state index in [-0.39, 0.29) is 16.1 Å². The summed E-state index contributed by atoms with van der Waals surface area (Å²) in [4.78, 5) is 25.8. The van der Waals surface area contributed by atoms with Gasteiger partial charge in [0, 0.05) is 31.0 Å². The third-order valence-corrected chi connectivity index (χ3v) is 7.61. The van der Waals surface area contributed by atoms with E-state index in [1.807, 2.05) is 12.1 Å². The monoisotopic (exact) mass is 509 g/mol. The predicted octanol–water partition coefficient (Wildman–Crippen LogP) is 4.00. The molecule has 1 atom stereocenters. The Morgan fingerprint density at radius 1 is 1.14 bits per heavy atom. The van der Waals surface area contributed by atoms with Gasteiger partial charge < -0.3 is 14.5 Å². The Labute approximate surface area is 212 Å². The van der Waals surface area contributed by atoms with Crippen LogP contribution >= 0.6 is 0 Å². The number of sulfonamides is 1. The lowest BCUT2D eigenvalue weighted by Crippen LogP contribution is -2.41. The summed E-state index contributed by atoms with van der Waals surface area (Å²) in [5.74, 6) is 1.27. The molecule has 9 nitrogen and oxygen atoms in total. The lowest BCUT2D eigenvalue weighted by molar-refractivity contribution is 0.0981. The summed E-state index contributed by atoms with van der Waals surface area (Å²) in [5, 5.41) is -0.255. The van der Waals surface area contributed by atoms with E-state index in [1.165, 1.54) is 6.07 Å². The van der Waals surface area contributed by atoms with Gasteiger partial charge in [0.2, 0.25) is 0 Å². The fraction of sp³-hybridized carbons (Fsp3) is 0.346. The normalized spacial score (nSPS) is 17.0. The third kappa shape index (κ3) is 5.13. The van der Waals surface area contributed by atoms with Gasteiger partial charge in [0.1, 0.15) is 17.4 Å². The first-order valence-corrected chi connectivity index (χ1v) is 13.1.